The summed E-state index contributed by atoms with van der Waals surface area (Å²) in [6, 6.07) is 5.88. The van der Waals surface area contributed by atoms with E-state index in [1.54, 1.807) is 6.20 Å². The molecule has 0 saturated carbocycles. The summed E-state index contributed by atoms with van der Waals surface area (Å²) in [6.07, 6.45) is 4.50. The molecule has 0 bridgehead atoms. The Morgan fingerprint density at radius 1 is 1.47 bits per heavy atom. The second-order valence-electron chi connectivity index (χ2n) is 4.52. The highest BCUT2D eigenvalue weighted by Gasteiger charge is 2.09. The van der Waals surface area contributed by atoms with Gasteiger partial charge in [-0.2, -0.15) is 0 Å². The third-order valence-corrected chi connectivity index (χ3v) is 3.46. The molecule has 0 amide bonds. The van der Waals surface area contributed by atoms with Crippen molar-refractivity contribution in [2.24, 2.45) is 12.8 Å². The van der Waals surface area contributed by atoms with Crippen molar-refractivity contribution in [2.75, 3.05) is 6.61 Å². The molecule has 0 unspecified atom stereocenters. The summed E-state index contributed by atoms with van der Waals surface area (Å²) in [4.78, 5) is 4.27. The van der Waals surface area contributed by atoms with E-state index < -0.39 is 0 Å². The van der Waals surface area contributed by atoms with Crippen LogP contribution in [-0.2, 0) is 13.5 Å². The number of ether oxygens (including phenoxy) is 1. The van der Waals surface area contributed by atoms with Crippen molar-refractivity contribution < 1.29 is 4.74 Å². The molecule has 1 atom stereocenters. The van der Waals surface area contributed by atoms with Crippen molar-refractivity contribution in [2.45, 2.75) is 19.4 Å². The van der Waals surface area contributed by atoms with Gasteiger partial charge in [-0.3, -0.25) is 0 Å². The van der Waals surface area contributed by atoms with Gasteiger partial charge in [-0.25, -0.2) is 4.98 Å². The second kappa shape index (κ2) is 6.21. The van der Waals surface area contributed by atoms with Crippen molar-refractivity contribution >= 4 is 15.9 Å². The zero-order valence-corrected chi connectivity index (χ0v) is 12.7. The van der Waals surface area contributed by atoms with Gasteiger partial charge in [0.05, 0.1) is 6.61 Å². The number of nitrogens with two attached hydrogens (primary N) is 1. The third kappa shape index (κ3) is 3.58. The molecule has 0 aliphatic rings. The van der Waals surface area contributed by atoms with Gasteiger partial charge in [-0.1, -0.05) is 22.0 Å². The second-order valence-corrected chi connectivity index (χ2v) is 5.44. The molecule has 4 nitrogen and oxygen atoms in total. The SMILES string of the molecule is C[C@H](N)c1ccc(Br)cc1OCCc1nccn1C. The molecule has 19 heavy (non-hydrogen) atoms. The first kappa shape index (κ1) is 14.1. The number of aryl methyl sites for hydroxylation is 1. The maximum atomic E-state index is 5.94. The topological polar surface area (TPSA) is 53.1 Å². The Kier molecular flexibility index (Phi) is 4.61. The molecule has 2 N–H and O–H groups in total. The van der Waals surface area contributed by atoms with Crippen LogP contribution < -0.4 is 10.5 Å². The maximum absolute atomic E-state index is 5.94. The van der Waals surface area contributed by atoms with E-state index in [2.05, 4.69) is 20.9 Å². The van der Waals surface area contributed by atoms with Crippen LogP contribution in [0.3, 0.4) is 0 Å². The van der Waals surface area contributed by atoms with E-state index in [-0.39, 0.29) is 6.04 Å². The Bertz CT molecular complexity index is 551. The zero-order chi connectivity index (χ0) is 13.8. The summed E-state index contributed by atoms with van der Waals surface area (Å²) in [6.45, 7) is 2.54. The van der Waals surface area contributed by atoms with Crippen LogP contribution in [0.5, 0.6) is 5.75 Å². The van der Waals surface area contributed by atoms with Crippen LogP contribution in [-0.4, -0.2) is 16.2 Å². The minimum Gasteiger partial charge on any atom is -0.493 e. The van der Waals surface area contributed by atoms with E-state index in [0.717, 1.165) is 28.0 Å². The minimum atomic E-state index is -0.0451. The van der Waals surface area contributed by atoms with Gasteiger partial charge in [-0.15, -0.1) is 0 Å². The zero-order valence-electron chi connectivity index (χ0n) is 11.1. The first-order chi connectivity index (χ1) is 9.08. The van der Waals surface area contributed by atoms with Crippen molar-refractivity contribution in [1.29, 1.82) is 0 Å². The Balaban J connectivity index is 2.03. The Labute approximate surface area is 121 Å². The van der Waals surface area contributed by atoms with Gasteiger partial charge in [0.25, 0.3) is 0 Å². The molecule has 0 aliphatic heterocycles. The number of rotatable bonds is 5. The van der Waals surface area contributed by atoms with E-state index in [9.17, 15) is 0 Å². The highest BCUT2D eigenvalue weighted by molar-refractivity contribution is 9.10. The van der Waals surface area contributed by atoms with Gasteiger partial charge in [-0.05, 0) is 19.1 Å². The normalized spacial score (nSPS) is 12.4. The van der Waals surface area contributed by atoms with Crippen molar-refractivity contribution in [3.8, 4) is 5.75 Å². The number of hydrogen-bond donors (Lipinski definition) is 1. The summed E-state index contributed by atoms with van der Waals surface area (Å²) < 4.78 is 8.83. The summed E-state index contributed by atoms with van der Waals surface area (Å²) >= 11 is 3.45. The molecular weight excluding hydrogens is 306 g/mol. The molecule has 2 rings (SSSR count). The lowest BCUT2D eigenvalue weighted by atomic mass is 10.1. The Morgan fingerprint density at radius 3 is 2.89 bits per heavy atom. The fraction of sp³-hybridized carbons (Fsp3) is 0.357. The van der Waals surface area contributed by atoms with Crippen LogP contribution in [0.1, 0.15) is 24.4 Å². The smallest absolute Gasteiger partial charge is 0.125 e. The molecule has 102 valence electrons. The average Bonchev–Trinajstić information content (AvgIpc) is 2.75. The van der Waals surface area contributed by atoms with E-state index in [0.29, 0.717) is 6.61 Å². The maximum Gasteiger partial charge on any atom is 0.125 e. The van der Waals surface area contributed by atoms with Crippen LogP contribution in [0.2, 0.25) is 0 Å². The van der Waals surface area contributed by atoms with E-state index in [1.807, 2.05) is 42.9 Å². The molecule has 0 spiro atoms. The third-order valence-electron chi connectivity index (χ3n) is 2.97. The molecule has 0 fully saturated rings. The number of hydrogen-bond acceptors (Lipinski definition) is 3. The average molecular weight is 324 g/mol. The van der Waals surface area contributed by atoms with Crippen molar-refractivity contribution in [1.82, 2.24) is 9.55 Å². The Morgan fingerprint density at radius 2 is 2.26 bits per heavy atom. The molecule has 1 aromatic carbocycles. The van der Waals surface area contributed by atoms with Crippen molar-refractivity contribution in [3.63, 3.8) is 0 Å². The fourth-order valence-corrected chi connectivity index (χ4v) is 2.24. The van der Waals surface area contributed by atoms with Crippen LogP contribution in [0.25, 0.3) is 0 Å². The number of imidazole rings is 1. The molecule has 2 aromatic rings. The molecule has 0 radical (unpaired) electrons. The lowest BCUT2D eigenvalue weighted by molar-refractivity contribution is 0.312. The molecule has 5 heteroatoms. The standard InChI is InChI=1S/C14H18BrN3O/c1-10(16)12-4-3-11(15)9-13(12)19-8-5-14-17-6-7-18(14)2/h3-4,6-7,9-10H,5,8,16H2,1-2H3/t10-/m0/s1. The number of aromatic nitrogens is 2. The van der Waals surface area contributed by atoms with Gasteiger partial charge in [0.1, 0.15) is 11.6 Å². The number of nitrogens with zero attached hydrogens (tertiary/aromatic N) is 2. The van der Waals surface area contributed by atoms with Crippen LogP contribution >= 0.6 is 15.9 Å². The monoisotopic (exact) mass is 323 g/mol. The van der Waals surface area contributed by atoms with Crippen LogP contribution in [0, 0.1) is 0 Å². The van der Waals surface area contributed by atoms with Gasteiger partial charge < -0.3 is 15.0 Å². The summed E-state index contributed by atoms with van der Waals surface area (Å²) in [5, 5.41) is 0. The molecular formula is C14H18BrN3O. The summed E-state index contributed by atoms with van der Waals surface area (Å²) in [5.41, 5.74) is 6.96. The van der Waals surface area contributed by atoms with Gasteiger partial charge in [0.2, 0.25) is 0 Å². The first-order valence-corrected chi connectivity index (χ1v) is 7.01. The Hall–Kier alpha value is -1.33. The van der Waals surface area contributed by atoms with E-state index in [1.165, 1.54) is 0 Å². The molecule has 1 aromatic heterocycles. The highest BCUT2D eigenvalue weighted by Crippen LogP contribution is 2.27. The lowest BCUT2D eigenvalue weighted by Crippen LogP contribution is -2.11. The summed E-state index contributed by atoms with van der Waals surface area (Å²) in [5.74, 6) is 1.84. The first-order valence-electron chi connectivity index (χ1n) is 6.22. The fourth-order valence-electron chi connectivity index (χ4n) is 1.90. The highest BCUT2D eigenvalue weighted by atomic mass is 79.9. The van der Waals surface area contributed by atoms with Gasteiger partial charge in [0, 0.05) is 41.9 Å². The largest absolute Gasteiger partial charge is 0.493 e. The van der Waals surface area contributed by atoms with Crippen molar-refractivity contribution in [3.05, 3.63) is 46.5 Å². The number of benzene rings is 1. The van der Waals surface area contributed by atoms with Crippen LogP contribution in [0.4, 0.5) is 0 Å². The number of halogens is 1. The minimum absolute atomic E-state index is 0.0451. The predicted octanol–water partition coefficient (Wildman–Crippen LogP) is 2.82. The molecule has 0 saturated heterocycles. The van der Waals surface area contributed by atoms with Crippen LogP contribution in [0.15, 0.2) is 35.1 Å². The molecule has 1 heterocycles. The summed E-state index contributed by atoms with van der Waals surface area (Å²) in [7, 11) is 1.98. The van der Waals surface area contributed by atoms with E-state index >= 15 is 0 Å². The quantitative estimate of drug-likeness (QED) is 0.920. The molecule has 0 aliphatic carbocycles. The van der Waals surface area contributed by atoms with Gasteiger partial charge in [0.15, 0.2) is 0 Å². The van der Waals surface area contributed by atoms with E-state index in [4.69, 9.17) is 10.5 Å². The lowest BCUT2D eigenvalue weighted by Gasteiger charge is -2.14. The van der Waals surface area contributed by atoms with Gasteiger partial charge >= 0.3 is 0 Å². The predicted molar refractivity (Wildman–Crippen MR) is 79.2 cm³/mol.